The lowest BCUT2D eigenvalue weighted by Crippen LogP contribution is -2.43. The molecule has 1 heterocycles. The number of anilines is 1. The molecule has 0 bridgehead atoms. The summed E-state index contributed by atoms with van der Waals surface area (Å²) in [5.41, 5.74) is 1.000. The molecule has 1 aliphatic carbocycles. The van der Waals surface area contributed by atoms with E-state index >= 15 is 0 Å². The van der Waals surface area contributed by atoms with Gasteiger partial charge in [0.05, 0.1) is 5.69 Å². The van der Waals surface area contributed by atoms with Gasteiger partial charge in [-0.25, -0.2) is 14.6 Å². The van der Waals surface area contributed by atoms with Crippen LogP contribution in [0, 0.1) is 0 Å². The zero-order valence-electron chi connectivity index (χ0n) is 11.1. The van der Waals surface area contributed by atoms with Crippen molar-refractivity contribution in [3.8, 4) is 0 Å². The topological polar surface area (TPSA) is 101 Å². The van der Waals surface area contributed by atoms with Gasteiger partial charge in [0, 0.05) is 31.4 Å². The molecule has 7 nitrogen and oxygen atoms in total. The molecule has 8 heteroatoms. The fourth-order valence-corrected chi connectivity index (χ4v) is 2.48. The second-order valence-corrected chi connectivity index (χ2v) is 5.48. The molecule has 0 aromatic carbocycles. The highest BCUT2D eigenvalue weighted by atomic mass is 32.1. The Bertz CT molecular complexity index is 487. The smallest absolute Gasteiger partial charge is 0.326 e. The predicted molar refractivity (Wildman–Crippen MR) is 74.2 cm³/mol. The van der Waals surface area contributed by atoms with Crippen molar-refractivity contribution >= 4 is 28.5 Å². The summed E-state index contributed by atoms with van der Waals surface area (Å²) in [6, 6.07) is -1.54. The monoisotopic (exact) mass is 299 g/mol. The molecule has 1 atom stereocenters. The van der Waals surface area contributed by atoms with Crippen LogP contribution in [0.2, 0.25) is 0 Å². The molecule has 1 aromatic heterocycles. The number of carbonyl (C=O) groups is 2. The van der Waals surface area contributed by atoms with Crippen LogP contribution in [0.15, 0.2) is 5.38 Å². The van der Waals surface area contributed by atoms with Crippen molar-refractivity contribution in [2.75, 3.05) is 19.0 Å². The molecule has 2 rings (SSSR count). The number of hydrogen-bond donors (Lipinski definition) is 3. The molecule has 0 spiro atoms. The minimum atomic E-state index is -1.09. The van der Waals surface area contributed by atoms with Gasteiger partial charge in [0.2, 0.25) is 0 Å². The summed E-state index contributed by atoms with van der Waals surface area (Å²) in [5, 5.41) is 16.3. The van der Waals surface area contributed by atoms with Crippen molar-refractivity contribution in [3.63, 3.8) is 0 Å². The number of carboxylic acid groups (broad SMARTS) is 1. The lowest BCUT2D eigenvalue weighted by atomic mass is 10.2. The lowest BCUT2D eigenvalue weighted by molar-refractivity contribution is -0.139. The fourth-order valence-electron chi connectivity index (χ4n) is 1.69. The number of aliphatic carboxylic acids is 1. The molecular weight excluding hydrogens is 282 g/mol. The summed E-state index contributed by atoms with van der Waals surface area (Å²) >= 11 is 1.34. The molecule has 110 valence electrons. The first-order valence-electron chi connectivity index (χ1n) is 6.35. The molecule has 1 aliphatic rings. The van der Waals surface area contributed by atoms with Crippen molar-refractivity contribution in [1.82, 2.24) is 10.3 Å². The van der Waals surface area contributed by atoms with Crippen molar-refractivity contribution in [2.45, 2.75) is 31.2 Å². The number of thiazole rings is 1. The quantitative estimate of drug-likeness (QED) is 0.710. The highest BCUT2D eigenvalue weighted by Gasteiger charge is 2.26. The summed E-state index contributed by atoms with van der Waals surface area (Å²) in [6.07, 6.45) is 2.51. The zero-order chi connectivity index (χ0) is 14.5. The predicted octanol–water partition coefficient (Wildman–Crippen LogP) is 1.63. The summed E-state index contributed by atoms with van der Waals surface area (Å²) in [6.45, 7) is 0.264. The maximum Gasteiger partial charge on any atom is 0.326 e. The number of ether oxygens (including phenoxy) is 1. The third-order valence-corrected chi connectivity index (χ3v) is 3.73. The number of hydrogen-bond acceptors (Lipinski definition) is 5. The SMILES string of the molecule is COCCC(NC(=O)Nc1nc(C2CC2)cs1)C(=O)O. The largest absolute Gasteiger partial charge is 0.480 e. The number of rotatable bonds is 7. The van der Waals surface area contributed by atoms with Crippen molar-refractivity contribution in [2.24, 2.45) is 0 Å². The number of aromatic nitrogens is 1. The summed E-state index contributed by atoms with van der Waals surface area (Å²) < 4.78 is 4.81. The maximum atomic E-state index is 11.7. The molecular formula is C12H17N3O4S. The number of nitrogens with one attached hydrogen (secondary N) is 2. The van der Waals surface area contributed by atoms with Gasteiger partial charge in [-0.1, -0.05) is 0 Å². The van der Waals surface area contributed by atoms with Gasteiger partial charge in [-0.3, -0.25) is 5.32 Å². The van der Waals surface area contributed by atoms with Crippen molar-refractivity contribution in [1.29, 1.82) is 0 Å². The van der Waals surface area contributed by atoms with E-state index in [9.17, 15) is 9.59 Å². The van der Waals surface area contributed by atoms with E-state index in [1.807, 2.05) is 5.38 Å². The molecule has 0 radical (unpaired) electrons. The molecule has 3 N–H and O–H groups in total. The van der Waals surface area contributed by atoms with Gasteiger partial charge in [-0.2, -0.15) is 0 Å². The molecule has 1 aromatic rings. The molecule has 2 amide bonds. The average Bonchev–Trinajstić information content (AvgIpc) is 3.15. The van der Waals surface area contributed by atoms with Crippen LogP contribution in [0.1, 0.15) is 30.9 Å². The van der Waals surface area contributed by atoms with E-state index in [0.717, 1.165) is 18.5 Å². The fraction of sp³-hybridized carbons (Fsp3) is 0.583. The van der Waals surface area contributed by atoms with Crippen molar-refractivity contribution in [3.05, 3.63) is 11.1 Å². The Morgan fingerprint density at radius 1 is 1.60 bits per heavy atom. The van der Waals surface area contributed by atoms with E-state index in [1.165, 1.54) is 18.4 Å². The van der Waals surface area contributed by atoms with E-state index in [1.54, 1.807) is 0 Å². The van der Waals surface area contributed by atoms with E-state index < -0.39 is 18.0 Å². The van der Waals surface area contributed by atoms with E-state index in [2.05, 4.69) is 15.6 Å². The van der Waals surface area contributed by atoms with E-state index in [0.29, 0.717) is 11.0 Å². The first-order chi connectivity index (χ1) is 9.60. The first kappa shape index (κ1) is 14.7. The van der Waals surface area contributed by atoms with Crippen LogP contribution in [0.25, 0.3) is 0 Å². The van der Waals surface area contributed by atoms with Gasteiger partial charge in [-0.05, 0) is 12.8 Å². The number of nitrogens with zero attached hydrogens (tertiary/aromatic N) is 1. The van der Waals surface area contributed by atoms with Crippen LogP contribution >= 0.6 is 11.3 Å². The third-order valence-electron chi connectivity index (χ3n) is 2.95. The number of urea groups is 1. The molecule has 1 fully saturated rings. The number of carboxylic acids is 1. The highest BCUT2D eigenvalue weighted by Crippen LogP contribution is 2.40. The van der Waals surface area contributed by atoms with Gasteiger partial charge >= 0.3 is 12.0 Å². The van der Waals surface area contributed by atoms with Crippen LogP contribution in [0.5, 0.6) is 0 Å². The van der Waals surface area contributed by atoms with Gasteiger partial charge in [0.1, 0.15) is 6.04 Å². The highest BCUT2D eigenvalue weighted by molar-refractivity contribution is 7.13. The molecule has 0 saturated heterocycles. The molecule has 20 heavy (non-hydrogen) atoms. The third kappa shape index (κ3) is 4.17. The Balaban J connectivity index is 1.84. The second-order valence-electron chi connectivity index (χ2n) is 4.62. The molecule has 1 unspecified atom stereocenters. The Hall–Kier alpha value is -1.67. The van der Waals surface area contributed by atoms with Crippen LogP contribution in [-0.2, 0) is 9.53 Å². The van der Waals surface area contributed by atoms with Crippen LogP contribution in [-0.4, -0.2) is 41.8 Å². The second kappa shape index (κ2) is 6.67. The van der Waals surface area contributed by atoms with Crippen LogP contribution < -0.4 is 10.6 Å². The van der Waals surface area contributed by atoms with Gasteiger partial charge in [-0.15, -0.1) is 11.3 Å². The minimum absolute atomic E-state index is 0.213. The summed E-state index contributed by atoms with van der Waals surface area (Å²) in [5.74, 6) is -0.562. The van der Waals surface area contributed by atoms with E-state index in [-0.39, 0.29) is 13.0 Å². The normalized spacial score (nSPS) is 15.7. The number of carbonyl (C=O) groups excluding carboxylic acids is 1. The molecule has 1 saturated carbocycles. The van der Waals surface area contributed by atoms with Crippen LogP contribution in [0.4, 0.5) is 9.93 Å². The average molecular weight is 299 g/mol. The Morgan fingerprint density at radius 2 is 2.35 bits per heavy atom. The zero-order valence-corrected chi connectivity index (χ0v) is 11.9. The Morgan fingerprint density at radius 3 is 2.95 bits per heavy atom. The standard InChI is InChI=1S/C12H17N3O4S/c1-19-5-4-8(10(16)17)13-11(18)15-12-14-9(6-20-12)7-2-3-7/h6-8H,2-5H2,1H3,(H,16,17)(H2,13,14,15,18). The Kier molecular flexibility index (Phi) is 4.91. The minimum Gasteiger partial charge on any atom is -0.480 e. The van der Waals surface area contributed by atoms with Crippen molar-refractivity contribution < 1.29 is 19.4 Å². The number of methoxy groups -OCH3 is 1. The van der Waals surface area contributed by atoms with Gasteiger partial charge < -0.3 is 15.2 Å². The van der Waals surface area contributed by atoms with E-state index in [4.69, 9.17) is 9.84 Å². The molecule has 0 aliphatic heterocycles. The van der Waals surface area contributed by atoms with Crippen LogP contribution in [0.3, 0.4) is 0 Å². The summed E-state index contributed by atoms with van der Waals surface area (Å²) in [7, 11) is 1.48. The first-order valence-corrected chi connectivity index (χ1v) is 7.22. The lowest BCUT2D eigenvalue weighted by Gasteiger charge is -2.13. The summed E-state index contributed by atoms with van der Waals surface area (Å²) in [4.78, 5) is 27.0. The van der Waals surface area contributed by atoms with Gasteiger partial charge in [0.25, 0.3) is 0 Å². The Labute approximate surface area is 120 Å². The maximum absolute atomic E-state index is 11.7. The number of amides is 2. The van der Waals surface area contributed by atoms with Gasteiger partial charge in [0.15, 0.2) is 5.13 Å².